The van der Waals surface area contributed by atoms with Crippen molar-refractivity contribution in [1.29, 1.82) is 0 Å². The smallest absolute Gasteiger partial charge is 0.0737 e. The quantitative estimate of drug-likeness (QED) is 0.185. The molecule has 7 aromatic rings. The number of nitrogens with zero attached hydrogens (tertiary/aromatic N) is 2. The Kier molecular flexibility index (Phi) is 10.8. The van der Waals surface area contributed by atoms with Crippen molar-refractivity contribution in [2.75, 3.05) is 0 Å². The molecule has 9 rings (SSSR count). The minimum absolute atomic E-state index is 0. The molecule has 2 aliphatic heterocycles. The molecule has 0 amide bonds. The minimum atomic E-state index is 0. The molecule has 0 saturated carbocycles. The molecule has 0 aliphatic carbocycles. The van der Waals surface area contributed by atoms with Crippen LogP contribution in [0.2, 0.25) is 0 Å². The summed E-state index contributed by atoms with van der Waals surface area (Å²) in [5, 5.41) is 0. The van der Waals surface area contributed by atoms with E-state index in [1.807, 2.05) is 0 Å². The summed E-state index contributed by atoms with van der Waals surface area (Å²) in [7, 11) is 0. The van der Waals surface area contributed by atoms with E-state index >= 15 is 0 Å². The average Bonchev–Trinajstić information content (AvgIpc) is 3.99. The standard InChI is InChI=1S/C56H54N4.Co/c1-29-21-33(5)49(34(6)22-29)53-41-13-15-43(57-41)54(50-35(7)23-30(2)24-36(50)8)45-17-19-47(59-45)56(52-39(11)27-32(4)28-40(52)12)48-20-18-46(60-48)55(44-16-14-42(53)58-44)51-37(9)25-31(3)26-38(51)10;/h13-28,57,60H,1-12H3;. The van der Waals surface area contributed by atoms with Crippen molar-refractivity contribution >= 4 is 46.4 Å². The van der Waals surface area contributed by atoms with Gasteiger partial charge in [0.15, 0.2) is 0 Å². The zero-order valence-corrected chi connectivity index (χ0v) is 38.5. The number of aromatic amines is 2. The predicted molar refractivity (Wildman–Crippen MR) is 257 cm³/mol. The second-order valence-electron chi connectivity index (χ2n) is 17.6. The zero-order valence-electron chi connectivity index (χ0n) is 37.5. The van der Waals surface area contributed by atoms with Crippen molar-refractivity contribution in [3.8, 4) is 44.5 Å². The molecule has 4 aromatic carbocycles. The molecule has 3 aromatic heterocycles. The Bertz CT molecular complexity index is 2710. The molecule has 2 N–H and O–H groups in total. The molecule has 2 aliphatic rings. The van der Waals surface area contributed by atoms with Gasteiger partial charge in [-0.25, -0.2) is 9.97 Å². The van der Waals surface area contributed by atoms with Crippen LogP contribution < -0.4 is 0 Å². The van der Waals surface area contributed by atoms with Crippen molar-refractivity contribution in [1.82, 2.24) is 19.9 Å². The summed E-state index contributed by atoms with van der Waals surface area (Å²) in [5.74, 6) is 0. The Morgan fingerprint density at radius 3 is 0.639 bits per heavy atom. The van der Waals surface area contributed by atoms with Gasteiger partial charge in [-0.3, -0.25) is 0 Å². The fourth-order valence-corrected chi connectivity index (χ4v) is 10.6. The van der Waals surface area contributed by atoms with Crippen molar-refractivity contribution in [2.24, 2.45) is 0 Å². The number of hydrogen-bond donors (Lipinski definition) is 2. The van der Waals surface area contributed by atoms with Gasteiger partial charge in [0.05, 0.1) is 22.8 Å². The Morgan fingerprint density at radius 2 is 0.459 bits per heavy atom. The van der Waals surface area contributed by atoms with Gasteiger partial charge < -0.3 is 9.97 Å². The van der Waals surface area contributed by atoms with Gasteiger partial charge in [0, 0.05) is 61.1 Å². The first-order valence-electron chi connectivity index (χ1n) is 21.2. The summed E-state index contributed by atoms with van der Waals surface area (Å²) in [5.41, 5.74) is 31.8. The van der Waals surface area contributed by atoms with Crippen LogP contribution in [0.4, 0.5) is 0 Å². The number of benzene rings is 4. The molecule has 0 atom stereocenters. The van der Waals surface area contributed by atoms with Gasteiger partial charge >= 0.3 is 0 Å². The molecule has 5 heterocycles. The first-order valence-corrected chi connectivity index (χ1v) is 21.2. The fraction of sp³-hybridized carbons (Fsp3) is 0.214. The molecule has 0 spiro atoms. The summed E-state index contributed by atoms with van der Waals surface area (Å²) in [6, 6.07) is 27.3. The molecular formula is C56H54CoN4. The number of aryl methyl sites for hydroxylation is 12. The second kappa shape index (κ2) is 15.8. The van der Waals surface area contributed by atoms with Gasteiger partial charge in [-0.05, 0) is 198 Å². The zero-order chi connectivity index (χ0) is 42.3. The maximum atomic E-state index is 5.63. The van der Waals surface area contributed by atoms with Crippen LogP contribution in [0.1, 0.15) is 89.5 Å². The molecule has 307 valence electrons. The van der Waals surface area contributed by atoms with E-state index in [2.05, 4.69) is 190 Å². The van der Waals surface area contributed by atoms with Gasteiger partial charge in [-0.15, -0.1) is 0 Å². The number of nitrogens with one attached hydrogen (secondary N) is 2. The topological polar surface area (TPSA) is 57.4 Å². The maximum absolute atomic E-state index is 5.63. The summed E-state index contributed by atoms with van der Waals surface area (Å²) in [6.07, 6.45) is 8.85. The van der Waals surface area contributed by atoms with E-state index in [0.717, 1.165) is 67.1 Å². The first kappa shape index (κ1) is 41.7. The van der Waals surface area contributed by atoms with Crippen LogP contribution in [0.15, 0.2) is 72.8 Å². The van der Waals surface area contributed by atoms with Gasteiger partial charge in [-0.2, -0.15) is 0 Å². The van der Waals surface area contributed by atoms with Gasteiger partial charge in [0.25, 0.3) is 0 Å². The third-order valence-corrected chi connectivity index (χ3v) is 12.5. The third kappa shape index (κ3) is 7.24. The van der Waals surface area contributed by atoms with Crippen molar-refractivity contribution in [2.45, 2.75) is 83.1 Å². The fourth-order valence-electron chi connectivity index (χ4n) is 10.6. The SMILES string of the molecule is Cc1cc(C)c(-c2c3nc(c(-c4c(C)cc(C)cc4C)c4ccc([nH]4)c(-c4c(C)cc(C)cc4C)c4nc(c(-c5c(C)cc(C)cc5C)c5ccc2[nH]5)C=C4)C=C3)c(C)c1.[Co]. The molecule has 8 bridgehead atoms. The molecule has 0 fully saturated rings. The number of rotatable bonds is 4. The van der Waals surface area contributed by atoms with Crippen LogP contribution in [0.3, 0.4) is 0 Å². The van der Waals surface area contributed by atoms with Crippen molar-refractivity contribution in [3.63, 3.8) is 0 Å². The summed E-state index contributed by atoms with van der Waals surface area (Å²) in [4.78, 5) is 19.2. The van der Waals surface area contributed by atoms with Gasteiger partial charge in [-0.1, -0.05) is 70.8 Å². The van der Waals surface area contributed by atoms with Crippen LogP contribution in [-0.2, 0) is 16.8 Å². The average molecular weight is 842 g/mol. The minimum Gasteiger partial charge on any atom is -0.354 e. The van der Waals surface area contributed by atoms with Crippen LogP contribution in [-0.4, -0.2) is 19.9 Å². The van der Waals surface area contributed by atoms with Crippen LogP contribution in [0.5, 0.6) is 0 Å². The van der Waals surface area contributed by atoms with E-state index < -0.39 is 0 Å². The Labute approximate surface area is 371 Å². The molecule has 0 saturated heterocycles. The van der Waals surface area contributed by atoms with Crippen LogP contribution >= 0.6 is 0 Å². The molecule has 0 unspecified atom stereocenters. The molecule has 1 radical (unpaired) electrons. The normalized spacial score (nSPS) is 12.0. The molecule has 61 heavy (non-hydrogen) atoms. The third-order valence-electron chi connectivity index (χ3n) is 12.5. The summed E-state index contributed by atoms with van der Waals surface area (Å²) < 4.78 is 0. The Hall–Kier alpha value is -6.01. The molecule has 4 nitrogen and oxygen atoms in total. The first-order chi connectivity index (χ1) is 28.7. The number of aromatic nitrogens is 4. The van der Waals surface area contributed by atoms with Gasteiger partial charge in [0.1, 0.15) is 0 Å². The Morgan fingerprint density at radius 1 is 0.279 bits per heavy atom. The van der Waals surface area contributed by atoms with E-state index in [9.17, 15) is 0 Å². The van der Waals surface area contributed by atoms with E-state index in [0.29, 0.717) is 0 Å². The van der Waals surface area contributed by atoms with Crippen LogP contribution in [0.25, 0.3) is 90.9 Å². The number of H-pyrrole nitrogens is 2. The largest absolute Gasteiger partial charge is 0.354 e. The van der Waals surface area contributed by atoms with E-state index in [4.69, 9.17) is 9.97 Å². The molecular weight excluding hydrogens is 788 g/mol. The van der Waals surface area contributed by atoms with Crippen LogP contribution in [0, 0.1) is 83.1 Å². The van der Waals surface area contributed by atoms with Gasteiger partial charge in [0.2, 0.25) is 0 Å². The summed E-state index contributed by atoms with van der Waals surface area (Å²) in [6.45, 7) is 26.5. The van der Waals surface area contributed by atoms with Crippen molar-refractivity contribution < 1.29 is 16.8 Å². The summed E-state index contributed by atoms with van der Waals surface area (Å²) >= 11 is 0. The maximum Gasteiger partial charge on any atom is 0.0737 e. The predicted octanol–water partition coefficient (Wildman–Crippen LogP) is 15.0. The number of hydrogen-bond acceptors (Lipinski definition) is 2. The Balaban J connectivity index is 0.00000514. The number of fused-ring (bicyclic) bond motifs is 8. The van der Waals surface area contributed by atoms with E-state index in [-0.39, 0.29) is 16.8 Å². The molecule has 5 heteroatoms. The monoisotopic (exact) mass is 841 g/mol. The van der Waals surface area contributed by atoms with E-state index in [1.165, 1.54) is 89.0 Å². The van der Waals surface area contributed by atoms with Crippen molar-refractivity contribution in [3.05, 3.63) is 162 Å². The van der Waals surface area contributed by atoms with E-state index in [1.54, 1.807) is 0 Å². The second-order valence-corrected chi connectivity index (χ2v) is 17.6.